The number of fused-ring (bicyclic) bond motifs is 1. The Morgan fingerprint density at radius 2 is 2.00 bits per heavy atom. The molecular weight excluding hydrogens is 284 g/mol. The smallest absolute Gasteiger partial charge is 0.149 e. The van der Waals surface area contributed by atoms with Crippen LogP contribution in [-0.2, 0) is 11.2 Å². The highest BCUT2D eigenvalue weighted by molar-refractivity contribution is 5.84. The van der Waals surface area contributed by atoms with E-state index in [0.717, 1.165) is 42.4 Å². The molecule has 0 spiro atoms. The van der Waals surface area contributed by atoms with Crippen LogP contribution in [0.5, 0.6) is 5.75 Å². The van der Waals surface area contributed by atoms with Gasteiger partial charge in [0.15, 0.2) is 0 Å². The maximum atomic E-state index is 10.8. The van der Waals surface area contributed by atoms with Crippen LogP contribution in [-0.4, -0.2) is 12.9 Å². The monoisotopic (exact) mass is 302 g/mol. The number of aryl methyl sites for hydroxylation is 1. The van der Waals surface area contributed by atoms with Crippen LogP contribution in [0.3, 0.4) is 0 Å². The van der Waals surface area contributed by atoms with Crippen LogP contribution in [0.2, 0.25) is 0 Å². The second-order valence-electron chi connectivity index (χ2n) is 5.52. The summed E-state index contributed by atoms with van der Waals surface area (Å²) in [6, 6.07) is 16.3. The zero-order valence-electron chi connectivity index (χ0n) is 12.9. The molecule has 2 heteroatoms. The average molecular weight is 302 g/mol. The molecule has 2 aromatic rings. The third-order valence-electron chi connectivity index (χ3n) is 3.74. The summed E-state index contributed by atoms with van der Waals surface area (Å²) < 4.78 is 5.59. The summed E-state index contributed by atoms with van der Waals surface area (Å²) >= 11 is 0. The largest absolute Gasteiger partial charge is 0.488 e. The fraction of sp³-hybridized carbons (Fsp3) is 0.190. The van der Waals surface area contributed by atoms with Crippen LogP contribution in [0.4, 0.5) is 0 Å². The van der Waals surface area contributed by atoms with Gasteiger partial charge in [-0.2, -0.15) is 0 Å². The normalized spacial score (nSPS) is 12.3. The van der Waals surface area contributed by atoms with E-state index in [2.05, 4.69) is 36.1 Å². The second kappa shape index (κ2) is 7.47. The van der Waals surface area contributed by atoms with Crippen LogP contribution in [0.15, 0.2) is 54.1 Å². The maximum absolute atomic E-state index is 10.8. The highest BCUT2D eigenvalue weighted by atomic mass is 16.5. The number of aldehydes is 1. The Hall–Kier alpha value is -2.79. The van der Waals surface area contributed by atoms with Crippen molar-refractivity contribution in [3.8, 4) is 17.6 Å². The Bertz CT molecular complexity index is 776. The molecule has 0 saturated carbocycles. The molecule has 114 valence electrons. The molecule has 0 amide bonds. The first-order valence-corrected chi connectivity index (χ1v) is 7.80. The Balaban J connectivity index is 1.57. The van der Waals surface area contributed by atoms with Crippen molar-refractivity contribution in [1.29, 1.82) is 0 Å². The van der Waals surface area contributed by atoms with Crippen molar-refractivity contribution in [3.05, 3.63) is 70.8 Å². The van der Waals surface area contributed by atoms with Gasteiger partial charge in [-0.1, -0.05) is 48.2 Å². The van der Waals surface area contributed by atoms with E-state index >= 15 is 0 Å². The van der Waals surface area contributed by atoms with E-state index in [9.17, 15) is 4.79 Å². The molecule has 0 N–H and O–H groups in total. The van der Waals surface area contributed by atoms with Crippen molar-refractivity contribution in [2.24, 2.45) is 0 Å². The van der Waals surface area contributed by atoms with Crippen molar-refractivity contribution in [3.63, 3.8) is 0 Å². The first kappa shape index (κ1) is 15.1. The molecule has 0 aromatic heterocycles. The van der Waals surface area contributed by atoms with Crippen LogP contribution < -0.4 is 4.74 Å². The summed E-state index contributed by atoms with van der Waals surface area (Å²) in [5.41, 5.74) is 3.91. The lowest BCUT2D eigenvalue weighted by Gasteiger charge is -2.14. The number of hydrogen-bond acceptors (Lipinski definition) is 2. The van der Waals surface area contributed by atoms with Crippen LogP contribution in [0.1, 0.15) is 29.5 Å². The molecule has 0 radical (unpaired) electrons. The maximum Gasteiger partial charge on any atom is 0.149 e. The summed E-state index contributed by atoms with van der Waals surface area (Å²) in [6.07, 6.45) is 5.69. The third-order valence-corrected chi connectivity index (χ3v) is 3.74. The van der Waals surface area contributed by atoms with Gasteiger partial charge in [0, 0.05) is 23.1 Å². The Morgan fingerprint density at radius 1 is 1.13 bits per heavy atom. The fourth-order valence-electron chi connectivity index (χ4n) is 2.52. The van der Waals surface area contributed by atoms with Crippen LogP contribution in [0, 0.1) is 11.8 Å². The minimum Gasteiger partial charge on any atom is -0.488 e. The molecule has 0 atom stereocenters. The van der Waals surface area contributed by atoms with Crippen molar-refractivity contribution >= 4 is 12.4 Å². The van der Waals surface area contributed by atoms with E-state index in [1.165, 1.54) is 5.56 Å². The van der Waals surface area contributed by atoms with Gasteiger partial charge in [-0.05, 0) is 36.6 Å². The highest BCUT2D eigenvalue weighted by Gasteiger charge is 2.10. The first-order chi connectivity index (χ1) is 11.3. The van der Waals surface area contributed by atoms with Gasteiger partial charge in [-0.25, -0.2) is 0 Å². The van der Waals surface area contributed by atoms with Crippen molar-refractivity contribution < 1.29 is 9.53 Å². The van der Waals surface area contributed by atoms with Crippen molar-refractivity contribution in [2.45, 2.75) is 19.3 Å². The molecule has 1 heterocycles. The number of carbonyl (C=O) groups is 1. The predicted octanol–water partition coefficient (Wildman–Crippen LogP) is 4.04. The second-order valence-corrected chi connectivity index (χ2v) is 5.52. The summed E-state index contributed by atoms with van der Waals surface area (Å²) in [7, 11) is 0. The molecule has 0 saturated heterocycles. The molecule has 3 rings (SSSR count). The Kier molecular flexibility index (Phi) is 4.91. The molecule has 23 heavy (non-hydrogen) atoms. The van der Waals surface area contributed by atoms with Gasteiger partial charge in [0.2, 0.25) is 0 Å². The minimum absolute atomic E-state index is 0.338. The molecule has 1 aliphatic heterocycles. The van der Waals surface area contributed by atoms with E-state index in [1.54, 1.807) is 0 Å². The number of benzene rings is 2. The van der Waals surface area contributed by atoms with E-state index < -0.39 is 0 Å². The number of carbonyl (C=O) groups excluding carboxylic acids is 1. The highest BCUT2D eigenvalue weighted by Crippen LogP contribution is 2.26. The molecule has 0 aliphatic carbocycles. The van der Waals surface area contributed by atoms with Crippen molar-refractivity contribution in [2.75, 3.05) is 6.61 Å². The summed E-state index contributed by atoms with van der Waals surface area (Å²) in [6.45, 7) is 0.338. The molecule has 2 aromatic carbocycles. The number of unbranched alkanes of at least 4 members (excludes halogenated alkanes) is 1. The van der Waals surface area contributed by atoms with E-state index in [4.69, 9.17) is 4.74 Å². The summed E-state index contributed by atoms with van der Waals surface area (Å²) in [5, 5.41) is 0. The Morgan fingerprint density at radius 3 is 2.83 bits per heavy atom. The quantitative estimate of drug-likeness (QED) is 0.484. The standard InChI is InChI=1S/C21H18O2/c22-15-19-13-20-12-11-18(14-21(20)23-16-19)10-6-2-5-9-17-7-3-1-4-8-17/h1,3-4,7-8,11-15H,2,5,9,16H2. The van der Waals surface area contributed by atoms with Gasteiger partial charge in [-0.3, -0.25) is 4.79 Å². The third kappa shape index (κ3) is 4.11. The lowest BCUT2D eigenvalue weighted by atomic mass is 10.1. The predicted molar refractivity (Wildman–Crippen MR) is 92.2 cm³/mol. The van der Waals surface area contributed by atoms with Gasteiger partial charge >= 0.3 is 0 Å². The van der Waals surface area contributed by atoms with Gasteiger partial charge in [0.05, 0.1) is 0 Å². The molecule has 0 unspecified atom stereocenters. The zero-order valence-corrected chi connectivity index (χ0v) is 12.9. The van der Waals surface area contributed by atoms with Gasteiger partial charge in [0.25, 0.3) is 0 Å². The van der Waals surface area contributed by atoms with Crippen molar-refractivity contribution in [1.82, 2.24) is 0 Å². The first-order valence-electron chi connectivity index (χ1n) is 7.80. The molecule has 1 aliphatic rings. The number of rotatable bonds is 4. The van der Waals surface area contributed by atoms with Crippen LogP contribution >= 0.6 is 0 Å². The minimum atomic E-state index is 0.338. The van der Waals surface area contributed by atoms with E-state index in [0.29, 0.717) is 12.2 Å². The van der Waals surface area contributed by atoms with E-state index in [-0.39, 0.29) is 0 Å². The molecule has 0 bridgehead atoms. The average Bonchev–Trinajstić information content (AvgIpc) is 2.62. The number of ether oxygens (including phenoxy) is 1. The lowest BCUT2D eigenvalue weighted by molar-refractivity contribution is -0.105. The number of hydrogen-bond donors (Lipinski definition) is 0. The SMILES string of the molecule is O=CC1=Cc2ccc(C#CCCCc3ccccc3)cc2OC1. The zero-order chi connectivity index (χ0) is 15.9. The molecule has 0 fully saturated rings. The molecular formula is C21H18O2. The molecule has 2 nitrogen and oxygen atoms in total. The van der Waals surface area contributed by atoms with E-state index in [1.807, 2.05) is 30.3 Å². The topological polar surface area (TPSA) is 26.3 Å². The summed E-state index contributed by atoms with van der Waals surface area (Å²) in [4.78, 5) is 10.8. The lowest BCUT2D eigenvalue weighted by Crippen LogP contribution is -2.08. The fourth-order valence-corrected chi connectivity index (χ4v) is 2.52. The van der Waals surface area contributed by atoms with Crippen LogP contribution in [0.25, 0.3) is 6.08 Å². The van der Waals surface area contributed by atoms with Gasteiger partial charge in [-0.15, -0.1) is 0 Å². The summed E-state index contributed by atoms with van der Waals surface area (Å²) in [5.74, 6) is 7.21. The Labute approximate surface area is 136 Å². The van der Waals surface area contributed by atoms with Gasteiger partial charge in [0.1, 0.15) is 18.6 Å². The van der Waals surface area contributed by atoms with Gasteiger partial charge < -0.3 is 4.74 Å².